The second kappa shape index (κ2) is 11.3. The van der Waals surface area contributed by atoms with Crippen molar-refractivity contribution in [1.82, 2.24) is 10.6 Å². The van der Waals surface area contributed by atoms with Crippen LogP contribution in [0.15, 0.2) is 18.2 Å². The van der Waals surface area contributed by atoms with Gasteiger partial charge in [-0.25, -0.2) is 8.78 Å². The number of rotatable bonds is 7. The van der Waals surface area contributed by atoms with E-state index in [0.717, 1.165) is 6.07 Å². The fourth-order valence-corrected chi connectivity index (χ4v) is 3.31. The van der Waals surface area contributed by atoms with Gasteiger partial charge in [0.1, 0.15) is 11.6 Å². The van der Waals surface area contributed by atoms with E-state index in [4.69, 9.17) is 9.47 Å². The third-order valence-corrected chi connectivity index (χ3v) is 4.60. The average molecular weight is 451 g/mol. The zero-order valence-electron chi connectivity index (χ0n) is 18.1. The van der Waals surface area contributed by atoms with E-state index in [9.17, 15) is 18.7 Å². The largest absolute Gasteiger partial charge is 0.389 e. The number of hydrogen-bond acceptors (Lipinski definition) is 5. The molecule has 1 saturated heterocycles. The number of aliphatic hydroxyl groups is 1. The number of ether oxygens (including phenoxy) is 2. The molecule has 172 valence electrons. The Morgan fingerprint density at radius 2 is 1.93 bits per heavy atom. The highest BCUT2D eigenvalue weighted by atomic mass is 35.5. The molecule has 0 saturated carbocycles. The number of nitrogens with one attached hydrogen (secondary N) is 2. The van der Waals surface area contributed by atoms with Crippen LogP contribution in [-0.2, 0) is 20.7 Å². The van der Waals surface area contributed by atoms with Crippen LogP contribution in [0.2, 0.25) is 0 Å². The number of benzene rings is 1. The van der Waals surface area contributed by atoms with Gasteiger partial charge in [-0.05, 0) is 36.5 Å². The SMILES string of the molecule is CC(=O)N[C@H](Cc1cc(F)cc(F)c1)[C@H](O)C1CO[C@@H](OCC(C)(C)C)[C@H](C)N1.Cl. The lowest BCUT2D eigenvalue weighted by Crippen LogP contribution is -2.62. The number of morpholine rings is 1. The van der Waals surface area contributed by atoms with Crippen LogP contribution in [0, 0.1) is 17.0 Å². The molecule has 0 radical (unpaired) electrons. The van der Waals surface area contributed by atoms with E-state index in [1.165, 1.54) is 19.1 Å². The molecule has 0 aromatic heterocycles. The van der Waals surface area contributed by atoms with Gasteiger partial charge in [-0.2, -0.15) is 0 Å². The number of halogens is 3. The van der Waals surface area contributed by atoms with Crippen molar-refractivity contribution in [3.63, 3.8) is 0 Å². The van der Waals surface area contributed by atoms with Gasteiger partial charge in [0.25, 0.3) is 0 Å². The molecule has 1 aromatic rings. The third kappa shape index (κ3) is 8.43. The van der Waals surface area contributed by atoms with Crippen LogP contribution < -0.4 is 10.6 Å². The normalized spacial score (nSPS) is 23.9. The minimum absolute atomic E-state index is 0. The van der Waals surface area contributed by atoms with Crippen LogP contribution in [0.3, 0.4) is 0 Å². The van der Waals surface area contributed by atoms with Crippen molar-refractivity contribution in [2.24, 2.45) is 5.41 Å². The summed E-state index contributed by atoms with van der Waals surface area (Å²) >= 11 is 0. The van der Waals surface area contributed by atoms with Crippen molar-refractivity contribution in [3.8, 4) is 0 Å². The van der Waals surface area contributed by atoms with Gasteiger partial charge in [0, 0.05) is 13.0 Å². The highest BCUT2D eigenvalue weighted by Crippen LogP contribution is 2.20. The highest BCUT2D eigenvalue weighted by molar-refractivity contribution is 5.85. The molecule has 1 amide bonds. The molecule has 30 heavy (non-hydrogen) atoms. The van der Waals surface area contributed by atoms with Gasteiger partial charge in [-0.1, -0.05) is 20.8 Å². The smallest absolute Gasteiger partial charge is 0.217 e. The number of amides is 1. The molecule has 1 aliphatic heterocycles. The maximum Gasteiger partial charge on any atom is 0.217 e. The van der Waals surface area contributed by atoms with E-state index < -0.39 is 36.1 Å². The zero-order valence-corrected chi connectivity index (χ0v) is 18.9. The van der Waals surface area contributed by atoms with Crippen LogP contribution >= 0.6 is 12.4 Å². The number of hydrogen-bond donors (Lipinski definition) is 3. The van der Waals surface area contributed by atoms with Gasteiger partial charge in [0.05, 0.1) is 37.4 Å². The van der Waals surface area contributed by atoms with Crippen LogP contribution in [0.1, 0.15) is 40.2 Å². The van der Waals surface area contributed by atoms with E-state index in [-0.39, 0.29) is 42.8 Å². The first-order chi connectivity index (χ1) is 13.4. The maximum atomic E-state index is 13.5. The summed E-state index contributed by atoms with van der Waals surface area (Å²) in [6.45, 7) is 10.1. The van der Waals surface area contributed by atoms with E-state index in [1.54, 1.807) is 0 Å². The molecule has 1 heterocycles. The van der Waals surface area contributed by atoms with Gasteiger partial charge in [0.15, 0.2) is 6.29 Å². The summed E-state index contributed by atoms with van der Waals surface area (Å²) in [7, 11) is 0. The lowest BCUT2D eigenvalue weighted by atomic mass is 9.95. The van der Waals surface area contributed by atoms with E-state index in [0.29, 0.717) is 12.2 Å². The Bertz CT molecular complexity index is 682. The number of carbonyl (C=O) groups excluding carboxylic acids is 1. The molecule has 0 spiro atoms. The number of aliphatic hydroxyl groups excluding tert-OH is 1. The molecular weight excluding hydrogens is 418 g/mol. The van der Waals surface area contributed by atoms with Gasteiger partial charge in [0.2, 0.25) is 5.91 Å². The molecule has 0 aliphatic carbocycles. The Kier molecular flexibility index (Phi) is 10.1. The fraction of sp³-hybridized carbons (Fsp3) is 0.667. The summed E-state index contributed by atoms with van der Waals surface area (Å²) in [5, 5.41) is 16.8. The number of carbonyl (C=O) groups is 1. The maximum absolute atomic E-state index is 13.5. The van der Waals surface area contributed by atoms with Crippen molar-refractivity contribution in [2.75, 3.05) is 13.2 Å². The highest BCUT2D eigenvalue weighted by Gasteiger charge is 2.36. The minimum atomic E-state index is -1.03. The van der Waals surface area contributed by atoms with Gasteiger partial charge in [-0.15, -0.1) is 12.4 Å². The summed E-state index contributed by atoms with van der Waals surface area (Å²) < 4.78 is 38.6. The summed E-state index contributed by atoms with van der Waals surface area (Å²) in [5.74, 6) is -1.76. The molecule has 1 fully saturated rings. The Hall–Kier alpha value is -1.32. The summed E-state index contributed by atoms with van der Waals surface area (Å²) in [6.07, 6.45) is -1.41. The molecule has 5 atom stereocenters. The molecule has 6 nitrogen and oxygen atoms in total. The molecule has 9 heteroatoms. The first kappa shape index (κ1) is 26.7. The Balaban J connectivity index is 0.00000450. The van der Waals surface area contributed by atoms with Crippen molar-refractivity contribution in [1.29, 1.82) is 0 Å². The predicted molar refractivity (Wildman–Crippen MR) is 112 cm³/mol. The molecule has 1 aliphatic rings. The average Bonchev–Trinajstić information content (AvgIpc) is 2.57. The van der Waals surface area contributed by atoms with E-state index >= 15 is 0 Å². The van der Waals surface area contributed by atoms with Crippen molar-refractivity contribution in [3.05, 3.63) is 35.4 Å². The Labute approximate surface area is 183 Å². The molecule has 3 N–H and O–H groups in total. The van der Waals surface area contributed by atoms with Gasteiger partial charge >= 0.3 is 0 Å². The monoisotopic (exact) mass is 450 g/mol. The quantitative estimate of drug-likeness (QED) is 0.595. The minimum Gasteiger partial charge on any atom is -0.389 e. The second-order valence-electron chi connectivity index (χ2n) is 8.91. The first-order valence-electron chi connectivity index (χ1n) is 9.84. The molecule has 1 unspecified atom stereocenters. The van der Waals surface area contributed by atoms with Crippen LogP contribution in [-0.4, -0.2) is 54.7 Å². The first-order valence-corrected chi connectivity index (χ1v) is 9.84. The third-order valence-electron chi connectivity index (χ3n) is 4.60. The van der Waals surface area contributed by atoms with Crippen LogP contribution in [0.5, 0.6) is 0 Å². The topological polar surface area (TPSA) is 79.8 Å². The predicted octanol–water partition coefficient (Wildman–Crippen LogP) is 2.56. The van der Waals surface area contributed by atoms with Crippen molar-refractivity contribution >= 4 is 18.3 Å². The van der Waals surface area contributed by atoms with Gasteiger partial charge in [-0.3, -0.25) is 4.79 Å². The van der Waals surface area contributed by atoms with Crippen LogP contribution in [0.25, 0.3) is 0 Å². The van der Waals surface area contributed by atoms with Crippen molar-refractivity contribution < 1.29 is 28.2 Å². The lowest BCUT2D eigenvalue weighted by Gasteiger charge is -2.40. The fourth-order valence-electron chi connectivity index (χ4n) is 3.31. The molecule has 0 bridgehead atoms. The molecule has 1 aromatic carbocycles. The van der Waals surface area contributed by atoms with E-state index in [2.05, 4.69) is 31.4 Å². The Morgan fingerprint density at radius 1 is 1.33 bits per heavy atom. The molecular formula is C21H33ClF2N2O4. The van der Waals surface area contributed by atoms with E-state index in [1.807, 2.05) is 6.92 Å². The zero-order chi connectivity index (χ0) is 21.8. The van der Waals surface area contributed by atoms with Gasteiger partial charge < -0.3 is 25.2 Å². The second-order valence-corrected chi connectivity index (χ2v) is 8.91. The summed E-state index contributed by atoms with van der Waals surface area (Å²) in [6, 6.07) is 1.76. The Morgan fingerprint density at radius 3 is 2.43 bits per heavy atom. The van der Waals surface area contributed by atoms with Crippen molar-refractivity contribution in [2.45, 2.75) is 71.6 Å². The van der Waals surface area contributed by atoms with Crippen LogP contribution in [0.4, 0.5) is 8.78 Å². The summed E-state index contributed by atoms with van der Waals surface area (Å²) in [5.41, 5.74) is 0.340. The lowest BCUT2D eigenvalue weighted by molar-refractivity contribution is -0.201. The summed E-state index contributed by atoms with van der Waals surface area (Å²) in [4.78, 5) is 11.6. The standard InChI is InChI=1S/C21H32F2N2O4.ClH/c1-12-20(29-11-21(3,4)5)28-10-18(24-12)19(27)17(25-13(2)26)8-14-6-15(22)9-16(23)7-14;/h6-7,9,12,17-20,24,27H,8,10-11H2,1-5H3,(H,25,26);1H/t12-,17+,18?,19-,20-;/m0./s1. The molecule has 2 rings (SSSR count).